The van der Waals surface area contributed by atoms with Gasteiger partial charge in [-0.05, 0) is 36.8 Å². The number of carbonyl (C=O) groups excluding carboxylic acids is 1. The van der Waals surface area contributed by atoms with Crippen molar-refractivity contribution in [1.29, 1.82) is 0 Å². The minimum absolute atomic E-state index is 0.112. The number of benzene rings is 1. The maximum Gasteiger partial charge on any atom is 0.249 e. The van der Waals surface area contributed by atoms with Gasteiger partial charge in [0.2, 0.25) is 5.91 Å². The summed E-state index contributed by atoms with van der Waals surface area (Å²) < 4.78 is 18.7. The van der Waals surface area contributed by atoms with Gasteiger partial charge < -0.3 is 10.5 Å². The first-order chi connectivity index (χ1) is 10.6. The molecule has 116 valence electrons. The second kappa shape index (κ2) is 6.46. The average Bonchev–Trinajstić information content (AvgIpc) is 3.12. The molecule has 0 spiro atoms. The largest absolute Gasteiger partial charge is 0.489 e. The van der Waals surface area contributed by atoms with E-state index in [-0.39, 0.29) is 17.8 Å². The van der Waals surface area contributed by atoms with Crippen molar-refractivity contribution in [1.82, 2.24) is 4.90 Å². The summed E-state index contributed by atoms with van der Waals surface area (Å²) in [4.78, 5) is 14.5. The lowest BCUT2D eigenvalue weighted by molar-refractivity contribution is 0.100. The van der Waals surface area contributed by atoms with Crippen LogP contribution in [-0.4, -0.2) is 30.0 Å². The lowest BCUT2D eigenvalue weighted by Gasteiger charge is -2.16. The zero-order valence-electron chi connectivity index (χ0n) is 12.0. The van der Waals surface area contributed by atoms with E-state index in [1.54, 1.807) is 28.8 Å². The van der Waals surface area contributed by atoms with E-state index in [0.717, 1.165) is 30.9 Å². The van der Waals surface area contributed by atoms with Gasteiger partial charge in [0, 0.05) is 29.9 Å². The molecule has 2 aromatic rings. The number of ether oxygens (including phenoxy) is 1. The van der Waals surface area contributed by atoms with Gasteiger partial charge in [0.25, 0.3) is 0 Å². The Morgan fingerprint density at radius 3 is 2.86 bits per heavy atom. The van der Waals surface area contributed by atoms with Crippen LogP contribution in [-0.2, 0) is 6.54 Å². The molecule has 0 unspecified atom stereocenters. The van der Waals surface area contributed by atoms with Crippen molar-refractivity contribution in [3.05, 3.63) is 52.0 Å². The highest BCUT2D eigenvalue weighted by Crippen LogP contribution is 2.22. The predicted octanol–water partition coefficient (Wildman–Crippen LogP) is 2.64. The monoisotopic (exact) mass is 320 g/mol. The zero-order chi connectivity index (χ0) is 15.5. The predicted molar refractivity (Wildman–Crippen MR) is 83.5 cm³/mol. The highest BCUT2D eigenvalue weighted by atomic mass is 32.1. The number of nitrogens with zero attached hydrogens (tertiary/aromatic N) is 1. The van der Waals surface area contributed by atoms with Crippen LogP contribution >= 0.6 is 11.3 Å². The number of hydrogen-bond donors (Lipinski definition) is 1. The van der Waals surface area contributed by atoms with Crippen molar-refractivity contribution in [2.45, 2.75) is 19.1 Å². The molecule has 3 rings (SSSR count). The zero-order valence-corrected chi connectivity index (χ0v) is 12.8. The van der Waals surface area contributed by atoms with Gasteiger partial charge >= 0.3 is 0 Å². The summed E-state index contributed by atoms with van der Waals surface area (Å²) in [6, 6.07) is 7.95. The number of carbonyl (C=O) groups is 1. The lowest BCUT2D eigenvalue weighted by Crippen LogP contribution is -2.24. The van der Waals surface area contributed by atoms with Crippen LogP contribution in [0.3, 0.4) is 0 Å². The van der Waals surface area contributed by atoms with E-state index < -0.39 is 0 Å². The third kappa shape index (κ3) is 3.64. The average molecular weight is 320 g/mol. The van der Waals surface area contributed by atoms with Crippen LogP contribution in [0.1, 0.15) is 21.7 Å². The fraction of sp³-hybridized carbons (Fsp3) is 0.312. The van der Waals surface area contributed by atoms with Crippen LogP contribution in [0.5, 0.6) is 5.75 Å². The van der Waals surface area contributed by atoms with Gasteiger partial charge in [-0.25, -0.2) is 4.39 Å². The number of likely N-dealkylation sites (tertiary alicyclic amines) is 1. The summed E-state index contributed by atoms with van der Waals surface area (Å²) in [6.07, 6.45) is 1.05. The van der Waals surface area contributed by atoms with Gasteiger partial charge in [0.1, 0.15) is 17.7 Å². The Balaban J connectivity index is 1.53. The molecule has 1 aromatic heterocycles. The van der Waals surface area contributed by atoms with Crippen molar-refractivity contribution in [3.8, 4) is 5.75 Å². The number of nitrogens with two attached hydrogens (primary N) is 1. The molecule has 1 aliphatic rings. The number of primary amides is 1. The van der Waals surface area contributed by atoms with Gasteiger partial charge in [-0.1, -0.05) is 0 Å². The molecule has 1 fully saturated rings. The highest BCUT2D eigenvalue weighted by Gasteiger charge is 2.24. The Morgan fingerprint density at radius 1 is 1.41 bits per heavy atom. The van der Waals surface area contributed by atoms with Crippen LogP contribution in [0.15, 0.2) is 35.7 Å². The van der Waals surface area contributed by atoms with Crippen molar-refractivity contribution >= 4 is 17.2 Å². The van der Waals surface area contributed by atoms with E-state index in [4.69, 9.17) is 10.5 Å². The SMILES string of the molecule is NC(=O)c1csc(CN2CC[C@@H](Oc3ccc(F)cc3)C2)c1. The van der Waals surface area contributed by atoms with Gasteiger partial charge in [0.15, 0.2) is 0 Å². The fourth-order valence-corrected chi connectivity index (χ4v) is 3.47. The topological polar surface area (TPSA) is 55.6 Å². The Kier molecular flexibility index (Phi) is 4.40. The van der Waals surface area contributed by atoms with E-state index in [1.165, 1.54) is 12.1 Å². The Morgan fingerprint density at radius 2 is 2.18 bits per heavy atom. The molecule has 1 aliphatic heterocycles. The first-order valence-corrected chi connectivity index (χ1v) is 8.00. The standard InChI is InChI=1S/C16H17FN2O2S/c17-12-1-3-13(4-2-12)21-14-5-6-19(8-14)9-15-7-11(10-22-15)16(18)20/h1-4,7,10,14H,5-6,8-9H2,(H2,18,20)/t14-/m1/s1. The summed E-state index contributed by atoms with van der Waals surface area (Å²) in [7, 11) is 0. The number of thiophene rings is 1. The maximum absolute atomic E-state index is 12.9. The van der Waals surface area contributed by atoms with E-state index >= 15 is 0 Å². The summed E-state index contributed by atoms with van der Waals surface area (Å²) in [5, 5.41) is 1.79. The van der Waals surface area contributed by atoms with Gasteiger partial charge in [-0.15, -0.1) is 11.3 Å². The number of rotatable bonds is 5. The quantitative estimate of drug-likeness (QED) is 0.921. The minimum atomic E-state index is -0.388. The first kappa shape index (κ1) is 15.0. The molecule has 2 heterocycles. The van der Waals surface area contributed by atoms with E-state index in [2.05, 4.69) is 4.90 Å². The van der Waals surface area contributed by atoms with E-state index in [0.29, 0.717) is 11.3 Å². The second-order valence-corrected chi connectivity index (χ2v) is 6.38. The Labute approximate surface area is 132 Å². The molecule has 1 amide bonds. The van der Waals surface area contributed by atoms with Gasteiger partial charge in [0.05, 0.1) is 5.56 Å². The van der Waals surface area contributed by atoms with Crippen LogP contribution in [0, 0.1) is 5.82 Å². The number of halogens is 1. The molecule has 2 N–H and O–H groups in total. The normalized spacial score (nSPS) is 18.5. The molecular weight excluding hydrogens is 303 g/mol. The fourth-order valence-electron chi connectivity index (χ4n) is 2.56. The van der Waals surface area contributed by atoms with Gasteiger partial charge in [-0.2, -0.15) is 0 Å². The summed E-state index contributed by atoms with van der Waals surface area (Å²) in [5.41, 5.74) is 5.83. The third-order valence-electron chi connectivity index (χ3n) is 3.66. The smallest absolute Gasteiger partial charge is 0.249 e. The third-order valence-corrected chi connectivity index (χ3v) is 4.58. The lowest BCUT2D eigenvalue weighted by atomic mass is 10.3. The molecule has 1 saturated heterocycles. The second-order valence-electron chi connectivity index (χ2n) is 5.38. The van der Waals surface area contributed by atoms with E-state index in [1.807, 2.05) is 6.07 Å². The first-order valence-electron chi connectivity index (χ1n) is 7.12. The highest BCUT2D eigenvalue weighted by molar-refractivity contribution is 7.10. The summed E-state index contributed by atoms with van der Waals surface area (Å²) in [5.74, 6) is 0.0465. The molecule has 1 atom stereocenters. The molecule has 0 aliphatic carbocycles. The Bertz CT molecular complexity index is 656. The molecule has 0 bridgehead atoms. The molecule has 0 saturated carbocycles. The van der Waals surface area contributed by atoms with Crippen LogP contribution in [0.25, 0.3) is 0 Å². The van der Waals surface area contributed by atoms with Crippen molar-refractivity contribution < 1.29 is 13.9 Å². The van der Waals surface area contributed by atoms with Crippen LogP contribution in [0.4, 0.5) is 4.39 Å². The Hall–Kier alpha value is -1.92. The molecule has 1 aromatic carbocycles. The van der Waals surface area contributed by atoms with Crippen LogP contribution < -0.4 is 10.5 Å². The molecule has 6 heteroatoms. The van der Waals surface area contributed by atoms with Gasteiger partial charge in [-0.3, -0.25) is 9.69 Å². The van der Waals surface area contributed by atoms with Crippen molar-refractivity contribution in [3.63, 3.8) is 0 Å². The molecule has 22 heavy (non-hydrogen) atoms. The molecule has 4 nitrogen and oxygen atoms in total. The van der Waals surface area contributed by atoms with Crippen LogP contribution in [0.2, 0.25) is 0 Å². The van der Waals surface area contributed by atoms with Crippen molar-refractivity contribution in [2.75, 3.05) is 13.1 Å². The minimum Gasteiger partial charge on any atom is -0.489 e. The molecule has 0 radical (unpaired) electrons. The van der Waals surface area contributed by atoms with Crippen molar-refractivity contribution in [2.24, 2.45) is 5.73 Å². The molecular formula is C16H17FN2O2S. The summed E-state index contributed by atoms with van der Waals surface area (Å²) >= 11 is 1.55. The summed E-state index contributed by atoms with van der Waals surface area (Å²) in [6.45, 7) is 2.55. The number of hydrogen-bond acceptors (Lipinski definition) is 4. The van der Waals surface area contributed by atoms with E-state index in [9.17, 15) is 9.18 Å². The number of amides is 1. The maximum atomic E-state index is 12.9.